The van der Waals surface area contributed by atoms with Crippen LogP contribution in [0.15, 0.2) is 30.4 Å². The summed E-state index contributed by atoms with van der Waals surface area (Å²) in [6, 6.07) is 3.86. The van der Waals surface area contributed by atoms with Gasteiger partial charge in [-0.05, 0) is 64.0 Å². The van der Waals surface area contributed by atoms with Gasteiger partial charge >= 0.3 is 5.92 Å². The molecule has 34 heavy (non-hydrogen) atoms. The number of rotatable bonds is 9. The van der Waals surface area contributed by atoms with Gasteiger partial charge in [0.2, 0.25) is 0 Å². The van der Waals surface area contributed by atoms with E-state index in [9.17, 15) is 27.9 Å². The van der Waals surface area contributed by atoms with Gasteiger partial charge in [-0.15, -0.1) is 0 Å². The minimum absolute atomic E-state index is 0.0780. The zero-order chi connectivity index (χ0) is 25.8. The van der Waals surface area contributed by atoms with Crippen molar-refractivity contribution in [3.05, 3.63) is 58.7 Å². The lowest BCUT2D eigenvalue weighted by Gasteiger charge is -2.17. The van der Waals surface area contributed by atoms with Crippen LogP contribution in [0.4, 0.5) is 19.0 Å². The Kier molecular flexibility index (Phi) is 8.04. The van der Waals surface area contributed by atoms with Crippen molar-refractivity contribution in [3.8, 4) is 5.88 Å². The minimum atomic E-state index is -3.33. The van der Waals surface area contributed by atoms with Crippen LogP contribution in [0.2, 0.25) is 0 Å². The van der Waals surface area contributed by atoms with Gasteiger partial charge in [0, 0.05) is 23.5 Å². The molecular formula is C23H27F3N4O4. The normalized spacial score (nSPS) is 11.7. The van der Waals surface area contributed by atoms with Crippen molar-refractivity contribution in [1.29, 1.82) is 0 Å². The quantitative estimate of drug-likeness (QED) is 0.474. The lowest BCUT2D eigenvalue weighted by atomic mass is 10.1. The van der Waals surface area contributed by atoms with E-state index >= 15 is 0 Å². The van der Waals surface area contributed by atoms with Gasteiger partial charge in [-0.25, -0.2) is 14.4 Å². The second kappa shape index (κ2) is 10.2. The van der Waals surface area contributed by atoms with E-state index in [1.54, 1.807) is 6.92 Å². The maximum Gasteiger partial charge on any atom is 0.302 e. The van der Waals surface area contributed by atoms with E-state index in [-0.39, 0.29) is 23.6 Å². The summed E-state index contributed by atoms with van der Waals surface area (Å²) in [6.45, 7) is 8.86. The van der Waals surface area contributed by atoms with Crippen LogP contribution in [-0.4, -0.2) is 45.0 Å². The predicted octanol–water partition coefficient (Wildman–Crippen LogP) is 3.46. The molecular weight excluding hydrogens is 453 g/mol. The molecule has 0 aromatic carbocycles. The second-order valence-corrected chi connectivity index (χ2v) is 8.37. The summed E-state index contributed by atoms with van der Waals surface area (Å²) in [5.74, 6) is -6.02. The molecule has 2 heterocycles. The third kappa shape index (κ3) is 7.01. The highest BCUT2D eigenvalue weighted by atomic mass is 19.3. The smallest absolute Gasteiger partial charge is 0.302 e. The van der Waals surface area contributed by atoms with E-state index in [1.165, 1.54) is 32.9 Å². The van der Waals surface area contributed by atoms with E-state index in [0.29, 0.717) is 11.3 Å². The first kappa shape index (κ1) is 26.8. The highest BCUT2D eigenvalue weighted by Crippen LogP contribution is 2.25. The van der Waals surface area contributed by atoms with E-state index in [0.717, 1.165) is 13.0 Å². The standard InChI is InChI=1S/C23H27F3N4O4/c1-12(2)23(25,26)11-34-20-17(24)8-16(14(4)29-20)10-27-19(31)15-7-13(3)28-18(9-15)30-21(32)22(5,6)33/h7-9,33H,1,10-11H2,2-6H3,(H,27,31)(H,28,30,32). The molecule has 0 aliphatic carbocycles. The number of carbonyl (C=O) groups is 2. The SMILES string of the molecule is C=C(C)C(F)(F)COc1nc(C)c(CNC(=O)c2cc(C)nc(NC(=O)C(C)(C)O)c2)cc1F. The number of aryl methyl sites for hydroxylation is 2. The fourth-order valence-corrected chi connectivity index (χ4v) is 2.57. The average molecular weight is 480 g/mol. The van der Waals surface area contributed by atoms with Crippen LogP contribution in [0.25, 0.3) is 0 Å². The number of carbonyl (C=O) groups excluding carboxylic acids is 2. The van der Waals surface area contributed by atoms with Gasteiger partial charge in [-0.1, -0.05) is 6.58 Å². The summed E-state index contributed by atoms with van der Waals surface area (Å²) in [6.07, 6.45) is 0. The molecule has 0 saturated heterocycles. The number of aromatic nitrogens is 2. The van der Waals surface area contributed by atoms with Gasteiger partial charge in [0.1, 0.15) is 11.4 Å². The molecule has 0 aliphatic heterocycles. The highest BCUT2D eigenvalue weighted by Gasteiger charge is 2.32. The zero-order valence-corrected chi connectivity index (χ0v) is 19.6. The molecule has 0 unspecified atom stereocenters. The average Bonchev–Trinajstić information content (AvgIpc) is 2.71. The minimum Gasteiger partial charge on any atom is -0.469 e. The number of amides is 2. The number of pyridine rings is 2. The summed E-state index contributed by atoms with van der Waals surface area (Å²) in [5.41, 5.74) is -0.857. The molecule has 2 rings (SSSR count). The maximum absolute atomic E-state index is 14.3. The van der Waals surface area contributed by atoms with Crippen molar-refractivity contribution in [2.45, 2.75) is 52.7 Å². The molecule has 0 spiro atoms. The van der Waals surface area contributed by atoms with Crippen LogP contribution in [0.1, 0.15) is 48.1 Å². The molecule has 2 amide bonds. The summed E-state index contributed by atoms with van der Waals surface area (Å²) in [7, 11) is 0. The van der Waals surface area contributed by atoms with Crippen molar-refractivity contribution >= 4 is 17.6 Å². The molecule has 0 radical (unpaired) electrons. The Morgan fingerprint density at radius 2 is 1.82 bits per heavy atom. The Balaban J connectivity index is 2.11. The van der Waals surface area contributed by atoms with Crippen LogP contribution >= 0.6 is 0 Å². The molecule has 0 atom stereocenters. The van der Waals surface area contributed by atoms with Gasteiger partial charge in [0.05, 0.1) is 0 Å². The number of hydrogen-bond donors (Lipinski definition) is 3. The predicted molar refractivity (Wildman–Crippen MR) is 119 cm³/mol. The highest BCUT2D eigenvalue weighted by molar-refractivity contribution is 5.98. The van der Waals surface area contributed by atoms with Crippen molar-refractivity contribution in [3.63, 3.8) is 0 Å². The fourth-order valence-electron chi connectivity index (χ4n) is 2.57. The molecule has 184 valence electrons. The van der Waals surface area contributed by atoms with Crippen LogP contribution in [0, 0.1) is 19.7 Å². The Morgan fingerprint density at radius 1 is 1.18 bits per heavy atom. The summed E-state index contributed by atoms with van der Waals surface area (Å²) >= 11 is 0. The van der Waals surface area contributed by atoms with Gasteiger partial charge in [-0.2, -0.15) is 8.78 Å². The number of hydrogen-bond acceptors (Lipinski definition) is 6. The topological polar surface area (TPSA) is 113 Å². The molecule has 2 aromatic rings. The molecule has 0 saturated carbocycles. The van der Waals surface area contributed by atoms with E-state index in [4.69, 9.17) is 4.74 Å². The van der Waals surface area contributed by atoms with E-state index in [2.05, 4.69) is 27.2 Å². The number of halogens is 3. The first-order chi connectivity index (χ1) is 15.6. The fraction of sp³-hybridized carbons (Fsp3) is 0.391. The van der Waals surface area contributed by atoms with Crippen molar-refractivity contribution in [2.75, 3.05) is 11.9 Å². The monoisotopic (exact) mass is 480 g/mol. The number of nitrogens with one attached hydrogen (secondary N) is 2. The van der Waals surface area contributed by atoms with Crippen molar-refractivity contribution in [1.82, 2.24) is 15.3 Å². The molecule has 2 aromatic heterocycles. The lowest BCUT2D eigenvalue weighted by Crippen LogP contribution is -2.37. The third-order valence-corrected chi connectivity index (χ3v) is 4.71. The van der Waals surface area contributed by atoms with E-state index in [1.807, 2.05) is 0 Å². The van der Waals surface area contributed by atoms with Gasteiger partial charge in [-0.3, -0.25) is 9.59 Å². The summed E-state index contributed by atoms with van der Waals surface area (Å²) in [4.78, 5) is 32.6. The Hall–Kier alpha value is -3.47. The Bertz CT molecular complexity index is 1110. The first-order valence-electron chi connectivity index (χ1n) is 10.2. The molecule has 11 heteroatoms. The number of nitrogens with zero attached hydrogens (tertiary/aromatic N) is 2. The Labute approximate surface area is 195 Å². The van der Waals surface area contributed by atoms with Crippen LogP contribution in [0.5, 0.6) is 5.88 Å². The number of alkyl halides is 2. The van der Waals surface area contributed by atoms with Crippen LogP contribution in [0.3, 0.4) is 0 Å². The van der Waals surface area contributed by atoms with Crippen molar-refractivity contribution in [2.24, 2.45) is 0 Å². The summed E-state index contributed by atoms with van der Waals surface area (Å²) in [5, 5.41) is 14.8. The van der Waals surface area contributed by atoms with Gasteiger partial charge < -0.3 is 20.5 Å². The largest absolute Gasteiger partial charge is 0.469 e. The summed E-state index contributed by atoms with van der Waals surface area (Å²) < 4.78 is 46.4. The number of aliphatic hydroxyl groups is 1. The van der Waals surface area contributed by atoms with Gasteiger partial charge in [0.25, 0.3) is 17.7 Å². The molecule has 3 N–H and O–H groups in total. The molecule has 0 fully saturated rings. The number of anilines is 1. The molecule has 0 bridgehead atoms. The zero-order valence-electron chi connectivity index (χ0n) is 19.6. The molecule has 0 aliphatic rings. The maximum atomic E-state index is 14.3. The second-order valence-electron chi connectivity index (χ2n) is 8.37. The van der Waals surface area contributed by atoms with Crippen LogP contribution in [-0.2, 0) is 11.3 Å². The molecule has 8 nitrogen and oxygen atoms in total. The Morgan fingerprint density at radius 3 is 2.41 bits per heavy atom. The van der Waals surface area contributed by atoms with E-state index < -0.39 is 47.2 Å². The van der Waals surface area contributed by atoms with Crippen molar-refractivity contribution < 1.29 is 32.6 Å². The lowest BCUT2D eigenvalue weighted by molar-refractivity contribution is -0.130. The van der Waals surface area contributed by atoms with Crippen LogP contribution < -0.4 is 15.4 Å². The van der Waals surface area contributed by atoms with Gasteiger partial charge in [0.15, 0.2) is 12.4 Å². The number of ether oxygens (including phenoxy) is 1. The first-order valence-corrected chi connectivity index (χ1v) is 10.2. The third-order valence-electron chi connectivity index (χ3n) is 4.71.